The fourth-order valence-electron chi connectivity index (χ4n) is 3.91. The Morgan fingerprint density at radius 1 is 1.03 bits per heavy atom. The Bertz CT molecular complexity index is 1130. The van der Waals surface area contributed by atoms with E-state index in [1.807, 2.05) is 20.2 Å². The molecule has 0 aliphatic heterocycles. The van der Waals surface area contributed by atoms with E-state index in [1.165, 1.54) is 18.7 Å². The molecular formula is C28H33FN2O3. The molecule has 1 N–H and O–H groups in total. The number of phenolic OH excluding ortho intramolecular Hbond substituents is 1. The predicted octanol–water partition coefficient (Wildman–Crippen LogP) is 5.56. The number of nitrogens with zero attached hydrogens (tertiary/aromatic N) is 2. The molecule has 3 aromatic rings. The molecule has 0 spiro atoms. The molecule has 0 radical (unpaired) electrons. The molecule has 0 saturated carbocycles. The van der Waals surface area contributed by atoms with Crippen molar-refractivity contribution in [2.75, 3.05) is 32.6 Å². The van der Waals surface area contributed by atoms with Crippen LogP contribution in [0.15, 0.2) is 60.7 Å². The van der Waals surface area contributed by atoms with Crippen LogP contribution in [0.2, 0.25) is 0 Å². The molecular weight excluding hydrogens is 431 g/mol. The van der Waals surface area contributed by atoms with Crippen LogP contribution < -0.4 is 4.90 Å². The molecule has 0 amide bonds. The van der Waals surface area contributed by atoms with Gasteiger partial charge in [-0.2, -0.15) is 0 Å². The summed E-state index contributed by atoms with van der Waals surface area (Å²) in [5.74, 6) is -1.19. The average Bonchev–Trinajstić information content (AvgIpc) is 2.84. The third-order valence-electron chi connectivity index (χ3n) is 6.14. The summed E-state index contributed by atoms with van der Waals surface area (Å²) in [4.78, 5) is 16.1. The van der Waals surface area contributed by atoms with E-state index in [2.05, 4.69) is 41.0 Å². The van der Waals surface area contributed by atoms with Gasteiger partial charge in [0, 0.05) is 44.0 Å². The minimum Gasteiger partial charge on any atom is -0.508 e. The summed E-state index contributed by atoms with van der Waals surface area (Å²) in [6.45, 7) is 5.84. The van der Waals surface area contributed by atoms with Gasteiger partial charge in [0.1, 0.15) is 11.6 Å². The monoisotopic (exact) mass is 464 g/mol. The molecule has 1 unspecified atom stereocenters. The van der Waals surface area contributed by atoms with E-state index in [9.17, 15) is 14.3 Å². The number of carbonyl (C=O) groups excluding carboxylic acids is 1. The molecule has 3 aromatic carbocycles. The van der Waals surface area contributed by atoms with Gasteiger partial charge in [0.2, 0.25) is 0 Å². The van der Waals surface area contributed by atoms with Crippen LogP contribution in [0.3, 0.4) is 0 Å². The first-order valence-corrected chi connectivity index (χ1v) is 11.4. The fourth-order valence-corrected chi connectivity index (χ4v) is 3.91. The fraction of sp³-hybridized carbons (Fsp3) is 0.321. The van der Waals surface area contributed by atoms with Crippen LogP contribution in [-0.2, 0) is 22.6 Å². The van der Waals surface area contributed by atoms with Crippen molar-refractivity contribution >= 4 is 11.7 Å². The van der Waals surface area contributed by atoms with Crippen LogP contribution in [0.4, 0.5) is 10.1 Å². The Labute approximate surface area is 201 Å². The molecule has 0 aliphatic carbocycles. The number of ether oxygens (including phenoxy) is 1. The van der Waals surface area contributed by atoms with Crippen LogP contribution in [0.25, 0.3) is 11.1 Å². The lowest BCUT2D eigenvalue weighted by Crippen LogP contribution is -2.22. The number of aromatic hydroxyl groups is 1. The first-order valence-electron chi connectivity index (χ1n) is 11.4. The lowest BCUT2D eigenvalue weighted by molar-refractivity contribution is -0.141. The highest BCUT2D eigenvalue weighted by atomic mass is 19.1. The lowest BCUT2D eigenvalue weighted by atomic mass is 9.96. The predicted molar refractivity (Wildman–Crippen MR) is 134 cm³/mol. The van der Waals surface area contributed by atoms with Crippen molar-refractivity contribution in [1.29, 1.82) is 0 Å². The summed E-state index contributed by atoms with van der Waals surface area (Å²) in [5.41, 5.74) is 4.72. The van der Waals surface area contributed by atoms with Crippen LogP contribution in [-0.4, -0.2) is 43.7 Å². The van der Waals surface area contributed by atoms with Gasteiger partial charge < -0.3 is 14.7 Å². The van der Waals surface area contributed by atoms with Gasteiger partial charge in [-0.05, 0) is 60.5 Å². The SMILES string of the molecule is CCN(Cc1ccc(N(C)C)cc1)Cc1cc(-c2ccc(C(C)C(=O)OC)cc2F)ccc1O. The van der Waals surface area contributed by atoms with Gasteiger partial charge >= 0.3 is 5.97 Å². The van der Waals surface area contributed by atoms with Crippen molar-refractivity contribution in [2.45, 2.75) is 32.9 Å². The zero-order valence-corrected chi connectivity index (χ0v) is 20.5. The zero-order chi connectivity index (χ0) is 24.8. The van der Waals surface area contributed by atoms with Gasteiger partial charge in [-0.1, -0.05) is 37.3 Å². The number of rotatable bonds is 9. The van der Waals surface area contributed by atoms with Gasteiger partial charge in [-0.3, -0.25) is 9.69 Å². The number of hydrogen-bond acceptors (Lipinski definition) is 5. The number of anilines is 1. The van der Waals surface area contributed by atoms with E-state index in [4.69, 9.17) is 4.74 Å². The molecule has 0 saturated heterocycles. The maximum absolute atomic E-state index is 15.0. The molecule has 0 aliphatic rings. The first-order chi connectivity index (χ1) is 16.2. The molecule has 6 heteroatoms. The molecule has 180 valence electrons. The Morgan fingerprint density at radius 3 is 2.32 bits per heavy atom. The third kappa shape index (κ3) is 5.94. The van der Waals surface area contributed by atoms with E-state index in [0.717, 1.165) is 24.3 Å². The summed E-state index contributed by atoms with van der Waals surface area (Å²) in [5, 5.41) is 10.5. The molecule has 3 rings (SSSR count). The molecule has 0 fully saturated rings. The zero-order valence-electron chi connectivity index (χ0n) is 20.5. The van der Waals surface area contributed by atoms with Crippen molar-refractivity contribution in [1.82, 2.24) is 4.90 Å². The van der Waals surface area contributed by atoms with Gasteiger partial charge in [-0.15, -0.1) is 0 Å². The Morgan fingerprint density at radius 2 is 1.74 bits per heavy atom. The number of halogens is 1. The largest absolute Gasteiger partial charge is 0.508 e. The number of benzene rings is 3. The maximum Gasteiger partial charge on any atom is 0.312 e. The minimum absolute atomic E-state index is 0.182. The topological polar surface area (TPSA) is 53.0 Å². The maximum atomic E-state index is 15.0. The van der Waals surface area contributed by atoms with Crippen molar-refractivity contribution in [3.05, 3.63) is 83.2 Å². The Balaban J connectivity index is 1.80. The highest BCUT2D eigenvalue weighted by Gasteiger charge is 2.18. The molecule has 1 atom stereocenters. The molecule has 5 nitrogen and oxygen atoms in total. The number of carbonyl (C=O) groups is 1. The van der Waals surface area contributed by atoms with Crippen LogP contribution >= 0.6 is 0 Å². The van der Waals surface area contributed by atoms with Crippen LogP contribution in [0.1, 0.15) is 36.5 Å². The van der Waals surface area contributed by atoms with Gasteiger partial charge in [-0.25, -0.2) is 4.39 Å². The van der Waals surface area contributed by atoms with Crippen LogP contribution in [0, 0.1) is 5.82 Å². The Hall–Kier alpha value is -3.38. The van der Waals surface area contributed by atoms with Crippen molar-refractivity contribution < 1.29 is 19.0 Å². The number of phenols is 1. The molecule has 34 heavy (non-hydrogen) atoms. The van der Waals surface area contributed by atoms with Crippen molar-refractivity contribution in [2.24, 2.45) is 0 Å². The van der Waals surface area contributed by atoms with Crippen molar-refractivity contribution in [3.8, 4) is 16.9 Å². The summed E-state index contributed by atoms with van der Waals surface area (Å²) in [7, 11) is 5.35. The summed E-state index contributed by atoms with van der Waals surface area (Å²) >= 11 is 0. The van der Waals surface area contributed by atoms with E-state index >= 15 is 0 Å². The highest BCUT2D eigenvalue weighted by molar-refractivity contribution is 5.78. The number of methoxy groups -OCH3 is 1. The summed E-state index contributed by atoms with van der Waals surface area (Å²) in [6.07, 6.45) is 0. The van der Waals surface area contributed by atoms with E-state index < -0.39 is 17.7 Å². The van der Waals surface area contributed by atoms with Crippen LogP contribution in [0.5, 0.6) is 5.75 Å². The second-order valence-corrected chi connectivity index (χ2v) is 8.69. The van der Waals surface area contributed by atoms with Crippen molar-refractivity contribution in [3.63, 3.8) is 0 Å². The highest BCUT2D eigenvalue weighted by Crippen LogP contribution is 2.31. The molecule has 0 heterocycles. The summed E-state index contributed by atoms with van der Waals surface area (Å²) in [6, 6.07) is 18.3. The normalized spacial score (nSPS) is 12.0. The smallest absolute Gasteiger partial charge is 0.312 e. The van der Waals surface area contributed by atoms with Gasteiger partial charge in [0.05, 0.1) is 13.0 Å². The average molecular weight is 465 g/mol. The quantitative estimate of drug-likeness (QED) is 0.420. The lowest BCUT2D eigenvalue weighted by Gasteiger charge is -2.22. The standard InChI is InChI=1S/C28H33FN2O3/c1-6-31(17-20-7-11-24(12-8-20)30(3)4)18-23-15-22(10-14-27(23)32)25-13-9-21(16-26(25)29)19(2)28(33)34-5/h7-16,19,32H,6,17-18H2,1-5H3. The summed E-state index contributed by atoms with van der Waals surface area (Å²) < 4.78 is 19.7. The van der Waals surface area contributed by atoms with E-state index in [-0.39, 0.29) is 5.75 Å². The Kier molecular flexibility index (Phi) is 8.29. The van der Waals surface area contributed by atoms with Gasteiger partial charge in [0.15, 0.2) is 0 Å². The minimum atomic E-state index is -0.547. The molecule has 0 aromatic heterocycles. The first kappa shape index (κ1) is 25.2. The second kappa shape index (κ2) is 11.2. The third-order valence-corrected chi connectivity index (χ3v) is 6.14. The van der Waals surface area contributed by atoms with E-state index in [1.54, 1.807) is 31.2 Å². The number of hydrogen-bond donors (Lipinski definition) is 1. The number of esters is 1. The molecule has 0 bridgehead atoms. The second-order valence-electron chi connectivity index (χ2n) is 8.69. The van der Waals surface area contributed by atoms with Gasteiger partial charge in [0.25, 0.3) is 0 Å². The van der Waals surface area contributed by atoms with E-state index in [0.29, 0.717) is 23.2 Å².